The molecule has 0 amide bonds. The van der Waals surface area contributed by atoms with Gasteiger partial charge in [0.05, 0.1) is 8.07 Å². The first-order valence-corrected chi connectivity index (χ1v) is 11.3. The van der Waals surface area contributed by atoms with Crippen LogP contribution in [-0.2, 0) is 11.2 Å². The zero-order valence-corrected chi connectivity index (χ0v) is 14.0. The Morgan fingerprint density at radius 3 is 2.30 bits per heavy atom. The molecule has 1 aliphatic rings. The van der Waals surface area contributed by atoms with E-state index in [9.17, 15) is 4.79 Å². The fraction of sp³-hybridized carbons (Fsp3) is 0.500. The molecular formula is C18H26OSi. The molecule has 0 aliphatic heterocycles. The van der Waals surface area contributed by atoms with Crippen LogP contribution in [0.4, 0.5) is 0 Å². The summed E-state index contributed by atoms with van der Waals surface area (Å²) >= 11 is 0. The van der Waals surface area contributed by atoms with Gasteiger partial charge in [-0.25, -0.2) is 0 Å². The van der Waals surface area contributed by atoms with E-state index < -0.39 is 8.07 Å². The second-order valence-corrected chi connectivity index (χ2v) is 11.9. The van der Waals surface area contributed by atoms with E-state index in [1.54, 1.807) is 0 Å². The van der Waals surface area contributed by atoms with Crippen LogP contribution in [0, 0.1) is 0 Å². The highest BCUT2D eigenvalue weighted by atomic mass is 28.3. The maximum Gasteiger partial charge on any atom is 0.158 e. The minimum Gasteiger partial charge on any atom is -0.295 e. The van der Waals surface area contributed by atoms with Crippen molar-refractivity contribution in [2.75, 3.05) is 0 Å². The van der Waals surface area contributed by atoms with E-state index in [0.29, 0.717) is 5.78 Å². The Balaban J connectivity index is 2.20. The van der Waals surface area contributed by atoms with Crippen LogP contribution in [0.5, 0.6) is 0 Å². The predicted octanol–water partition coefficient (Wildman–Crippen LogP) is 4.94. The molecule has 1 saturated carbocycles. The van der Waals surface area contributed by atoms with Crippen molar-refractivity contribution in [1.29, 1.82) is 0 Å². The highest BCUT2D eigenvalue weighted by Gasteiger charge is 2.27. The molecule has 0 heterocycles. The third-order valence-electron chi connectivity index (χ3n) is 4.19. The molecule has 1 nitrogen and oxygen atoms in total. The van der Waals surface area contributed by atoms with E-state index >= 15 is 0 Å². The Bertz CT molecular complexity index is 494. The van der Waals surface area contributed by atoms with Gasteiger partial charge >= 0.3 is 0 Å². The molecule has 0 radical (unpaired) electrons. The molecule has 2 heteroatoms. The monoisotopic (exact) mass is 286 g/mol. The summed E-state index contributed by atoms with van der Waals surface area (Å²) in [6.07, 6.45) is 6.21. The molecule has 0 spiro atoms. The van der Waals surface area contributed by atoms with Crippen LogP contribution in [-0.4, -0.2) is 13.9 Å². The Morgan fingerprint density at radius 1 is 1.05 bits per heavy atom. The van der Waals surface area contributed by atoms with Gasteiger partial charge in [-0.1, -0.05) is 55.2 Å². The Morgan fingerprint density at radius 2 is 1.70 bits per heavy atom. The normalized spacial score (nSPS) is 19.1. The van der Waals surface area contributed by atoms with Crippen molar-refractivity contribution in [1.82, 2.24) is 0 Å². The average Bonchev–Trinajstić information content (AvgIpc) is 2.41. The first kappa shape index (κ1) is 15.2. The van der Waals surface area contributed by atoms with Gasteiger partial charge in [-0.3, -0.25) is 4.79 Å². The highest BCUT2D eigenvalue weighted by molar-refractivity contribution is 6.83. The summed E-state index contributed by atoms with van der Waals surface area (Å²) in [7, 11) is -1.41. The topological polar surface area (TPSA) is 17.1 Å². The quantitative estimate of drug-likeness (QED) is 0.566. The summed E-state index contributed by atoms with van der Waals surface area (Å²) in [5, 5.41) is 1.52. The minimum atomic E-state index is -1.41. The molecule has 0 bridgehead atoms. The van der Waals surface area contributed by atoms with E-state index in [4.69, 9.17) is 0 Å². The van der Waals surface area contributed by atoms with Crippen molar-refractivity contribution < 1.29 is 4.79 Å². The van der Waals surface area contributed by atoms with Crippen LogP contribution >= 0.6 is 0 Å². The van der Waals surface area contributed by atoms with Crippen molar-refractivity contribution in [3.05, 3.63) is 46.7 Å². The van der Waals surface area contributed by atoms with Gasteiger partial charge < -0.3 is 0 Å². The number of rotatable bonds is 4. The molecule has 2 rings (SSSR count). The molecule has 0 unspecified atom stereocenters. The number of carbonyl (C=O) groups is 1. The number of allylic oxidation sites excluding steroid dienone is 2. The molecule has 108 valence electrons. The Hall–Kier alpha value is -1.15. The van der Waals surface area contributed by atoms with Gasteiger partial charge in [0, 0.05) is 6.42 Å². The SMILES string of the molecule is C[Si](C)(C)/C(CCc1ccccc1)=C1/CCCCC1=O. The maximum atomic E-state index is 12.3. The number of Topliss-reactive ketones (excluding diaryl/α,β-unsaturated/α-hetero) is 1. The van der Waals surface area contributed by atoms with Crippen molar-refractivity contribution in [2.24, 2.45) is 0 Å². The Labute approximate surface area is 124 Å². The van der Waals surface area contributed by atoms with Gasteiger partial charge in [0.2, 0.25) is 0 Å². The van der Waals surface area contributed by atoms with Crippen molar-refractivity contribution in [3.63, 3.8) is 0 Å². The first-order chi connectivity index (χ1) is 9.48. The first-order valence-electron chi connectivity index (χ1n) is 7.78. The molecule has 1 aliphatic carbocycles. The van der Waals surface area contributed by atoms with E-state index in [1.807, 2.05) is 0 Å². The summed E-state index contributed by atoms with van der Waals surface area (Å²) in [5.41, 5.74) is 2.58. The number of benzene rings is 1. The molecule has 1 aromatic rings. The summed E-state index contributed by atoms with van der Waals surface area (Å²) < 4.78 is 0. The lowest BCUT2D eigenvalue weighted by Crippen LogP contribution is -2.29. The zero-order chi connectivity index (χ0) is 14.6. The lowest BCUT2D eigenvalue weighted by atomic mass is 9.92. The predicted molar refractivity (Wildman–Crippen MR) is 88.6 cm³/mol. The molecule has 20 heavy (non-hydrogen) atoms. The van der Waals surface area contributed by atoms with Crippen LogP contribution in [0.3, 0.4) is 0 Å². The van der Waals surface area contributed by atoms with Crippen LogP contribution in [0.2, 0.25) is 19.6 Å². The summed E-state index contributed by atoms with van der Waals surface area (Å²) in [6, 6.07) is 10.6. The van der Waals surface area contributed by atoms with Crippen LogP contribution < -0.4 is 0 Å². The van der Waals surface area contributed by atoms with Gasteiger partial charge in [-0.05, 0) is 43.2 Å². The van der Waals surface area contributed by atoms with Crippen molar-refractivity contribution >= 4 is 13.9 Å². The number of aryl methyl sites for hydroxylation is 1. The van der Waals surface area contributed by atoms with Gasteiger partial charge in [-0.2, -0.15) is 0 Å². The van der Waals surface area contributed by atoms with Crippen molar-refractivity contribution in [3.8, 4) is 0 Å². The number of hydrogen-bond acceptors (Lipinski definition) is 1. The van der Waals surface area contributed by atoms with Gasteiger partial charge in [0.15, 0.2) is 5.78 Å². The summed E-state index contributed by atoms with van der Waals surface area (Å²) in [4.78, 5) is 12.3. The minimum absolute atomic E-state index is 0.432. The largest absolute Gasteiger partial charge is 0.295 e. The molecule has 1 aromatic carbocycles. The standard InChI is InChI=1S/C18H26OSi/c1-20(2,3)18(16-11-7-8-12-17(16)19)14-13-15-9-5-4-6-10-15/h4-6,9-10H,7-8,11-14H2,1-3H3/b18-16-. The maximum absolute atomic E-state index is 12.3. The molecule has 1 fully saturated rings. The van der Waals surface area contributed by atoms with Crippen LogP contribution in [0.15, 0.2) is 41.1 Å². The number of ketones is 1. The van der Waals surface area contributed by atoms with Crippen LogP contribution in [0.25, 0.3) is 0 Å². The van der Waals surface area contributed by atoms with E-state index in [2.05, 4.69) is 50.0 Å². The van der Waals surface area contributed by atoms with Gasteiger partial charge in [0.25, 0.3) is 0 Å². The van der Waals surface area contributed by atoms with Gasteiger partial charge in [0.1, 0.15) is 0 Å². The summed E-state index contributed by atoms with van der Waals surface area (Å²) in [5.74, 6) is 0.432. The fourth-order valence-electron chi connectivity index (χ4n) is 3.09. The Kier molecular flexibility index (Phi) is 4.98. The van der Waals surface area contributed by atoms with Gasteiger partial charge in [-0.15, -0.1) is 0 Å². The van der Waals surface area contributed by atoms with E-state index in [-0.39, 0.29) is 0 Å². The lowest BCUT2D eigenvalue weighted by Gasteiger charge is -2.27. The second-order valence-electron chi connectivity index (χ2n) is 6.82. The second kappa shape index (κ2) is 6.53. The molecule has 0 saturated heterocycles. The fourth-order valence-corrected chi connectivity index (χ4v) is 5.13. The molecule has 0 N–H and O–H groups in total. The average molecular weight is 286 g/mol. The lowest BCUT2D eigenvalue weighted by molar-refractivity contribution is -0.116. The van der Waals surface area contributed by atoms with E-state index in [1.165, 1.54) is 22.8 Å². The number of carbonyl (C=O) groups excluding carboxylic acids is 1. The summed E-state index contributed by atoms with van der Waals surface area (Å²) in [6.45, 7) is 7.13. The third kappa shape index (κ3) is 3.92. The van der Waals surface area contributed by atoms with Crippen molar-refractivity contribution in [2.45, 2.75) is 58.2 Å². The van der Waals surface area contributed by atoms with Crippen LogP contribution in [0.1, 0.15) is 37.7 Å². The smallest absolute Gasteiger partial charge is 0.158 e. The van der Waals surface area contributed by atoms with E-state index in [0.717, 1.165) is 32.1 Å². The highest BCUT2D eigenvalue weighted by Crippen LogP contribution is 2.30. The molecule has 0 aromatic heterocycles. The molecular weight excluding hydrogens is 260 g/mol. The zero-order valence-electron chi connectivity index (χ0n) is 13.0. The molecule has 0 atom stereocenters. The third-order valence-corrected chi connectivity index (χ3v) is 6.56. The number of hydrogen-bond donors (Lipinski definition) is 0.